The van der Waals surface area contributed by atoms with Crippen LogP contribution in [0, 0.1) is 17.8 Å². The Hall–Kier alpha value is -0.570. The van der Waals surface area contributed by atoms with E-state index in [1.807, 2.05) is 0 Å². The van der Waals surface area contributed by atoms with Crippen molar-refractivity contribution in [2.75, 3.05) is 6.54 Å². The molecule has 3 fully saturated rings. The molecule has 5 unspecified atom stereocenters. The molecule has 0 spiro atoms. The number of carboxylic acid groups (broad SMARTS) is 1. The van der Waals surface area contributed by atoms with E-state index in [4.69, 9.17) is 0 Å². The van der Waals surface area contributed by atoms with Gasteiger partial charge in [0.2, 0.25) is 0 Å². The fourth-order valence-electron chi connectivity index (χ4n) is 4.87. The van der Waals surface area contributed by atoms with Gasteiger partial charge < -0.3 is 5.11 Å². The quantitative estimate of drug-likeness (QED) is 0.849. The standard InChI is InChI=1S/C16H27NO2/c1-11-3-2-4-12(9-11)7-8-17-13-5-6-15(17)14(10-13)16(18)19/h11-15H,2-10H2,1H3,(H,18,19). The first kappa shape index (κ1) is 13.4. The van der Waals surface area contributed by atoms with E-state index in [9.17, 15) is 9.90 Å². The van der Waals surface area contributed by atoms with E-state index >= 15 is 0 Å². The van der Waals surface area contributed by atoms with E-state index in [-0.39, 0.29) is 5.92 Å². The van der Waals surface area contributed by atoms with Gasteiger partial charge in [-0.2, -0.15) is 0 Å². The van der Waals surface area contributed by atoms with Crippen LogP contribution in [-0.4, -0.2) is 34.6 Å². The summed E-state index contributed by atoms with van der Waals surface area (Å²) in [5.41, 5.74) is 0. The molecule has 1 saturated carbocycles. The minimum atomic E-state index is -0.566. The van der Waals surface area contributed by atoms with E-state index in [2.05, 4.69) is 11.8 Å². The summed E-state index contributed by atoms with van der Waals surface area (Å²) in [5.74, 6) is 1.15. The molecule has 2 saturated heterocycles. The predicted molar refractivity (Wildman–Crippen MR) is 75.0 cm³/mol. The molecule has 5 atom stereocenters. The van der Waals surface area contributed by atoms with Crippen molar-refractivity contribution < 1.29 is 9.90 Å². The third-order valence-electron chi connectivity index (χ3n) is 5.84. The lowest BCUT2D eigenvalue weighted by molar-refractivity contribution is -0.142. The van der Waals surface area contributed by atoms with Gasteiger partial charge in [0.15, 0.2) is 0 Å². The minimum absolute atomic E-state index is 0.0796. The Balaban J connectivity index is 1.52. The van der Waals surface area contributed by atoms with Crippen LogP contribution in [-0.2, 0) is 4.79 Å². The van der Waals surface area contributed by atoms with Crippen LogP contribution in [0.15, 0.2) is 0 Å². The van der Waals surface area contributed by atoms with Crippen molar-refractivity contribution in [2.45, 2.75) is 70.4 Å². The van der Waals surface area contributed by atoms with E-state index < -0.39 is 5.97 Å². The first-order valence-corrected chi connectivity index (χ1v) is 8.13. The number of carbonyl (C=O) groups is 1. The molecule has 2 heterocycles. The molecule has 3 aliphatic rings. The van der Waals surface area contributed by atoms with Gasteiger partial charge in [0.1, 0.15) is 0 Å². The van der Waals surface area contributed by atoms with Crippen LogP contribution >= 0.6 is 0 Å². The summed E-state index contributed by atoms with van der Waals surface area (Å²) in [6, 6.07) is 0.927. The lowest BCUT2D eigenvalue weighted by Gasteiger charge is -2.30. The van der Waals surface area contributed by atoms with Crippen LogP contribution in [0.25, 0.3) is 0 Å². The van der Waals surface area contributed by atoms with Crippen LogP contribution in [0.5, 0.6) is 0 Å². The Bertz CT molecular complexity index is 344. The number of carboxylic acids is 1. The molecule has 0 aromatic carbocycles. The third-order valence-corrected chi connectivity index (χ3v) is 5.84. The zero-order valence-corrected chi connectivity index (χ0v) is 12.1. The van der Waals surface area contributed by atoms with Crippen LogP contribution in [0.3, 0.4) is 0 Å². The number of hydrogen-bond acceptors (Lipinski definition) is 2. The van der Waals surface area contributed by atoms with Crippen molar-refractivity contribution in [3.63, 3.8) is 0 Å². The average molecular weight is 265 g/mol. The van der Waals surface area contributed by atoms with Crippen molar-refractivity contribution in [3.05, 3.63) is 0 Å². The fourth-order valence-corrected chi connectivity index (χ4v) is 4.87. The largest absolute Gasteiger partial charge is 0.481 e. The van der Waals surface area contributed by atoms with Gasteiger partial charge in [-0.05, 0) is 50.5 Å². The van der Waals surface area contributed by atoms with Gasteiger partial charge in [-0.15, -0.1) is 0 Å². The summed E-state index contributed by atoms with van der Waals surface area (Å²) in [4.78, 5) is 13.8. The first-order valence-electron chi connectivity index (χ1n) is 8.13. The Kier molecular flexibility index (Phi) is 3.84. The van der Waals surface area contributed by atoms with E-state index in [1.54, 1.807) is 0 Å². The molecule has 19 heavy (non-hydrogen) atoms. The van der Waals surface area contributed by atoms with Gasteiger partial charge in [-0.25, -0.2) is 0 Å². The summed E-state index contributed by atoms with van der Waals surface area (Å²) in [7, 11) is 0. The smallest absolute Gasteiger partial charge is 0.308 e. The second-order valence-electron chi connectivity index (χ2n) is 7.14. The van der Waals surface area contributed by atoms with Crippen LogP contribution in [0.2, 0.25) is 0 Å². The Labute approximate surface area is 116 Å². The predicted octanol–water partition coefficient (Wildman–Crippen LogP) is 3.14. The van der Waals surface area contributed by atoms with Crippen molar-refractivity contribution >= 4 is 5.97 Å². The van der Waals surface area contributed by atoms with Crippen molar-refractivity contribution in [3.8, 4) is 0 Å². The highest BCUT2D eigenvalue weighted by atomic mass is 16.4. The lowest BCUT2D eigenvalue weighted by Crippen LogP contribution is -2.34. The van der Waals surface area contributed by atoms with Gasteiger partial charge in [0.25, 0.3) is 0 Å². The highest BCUT2D eigenvalue weighted by Gasteiger charge is 2.48. The molecule has 3 heteroatoms. The number of hydrogen-bond donors (Lipinski definition) is 1. The number of aliphatic carboxylic acids is 1. The summed E-state index contributed by atoms with van der Waals surface area (Å²) < 4.78 is 0. The highest BCUT2D eigenvalue weighted by Crippen LogP contribution is 2.42. The topological polar surface area (TPSA) is 40.5 Å². The third kappa shape index (κ3) is 2.67. The van der Waals surface area contributed by atoms with Crippen LogP contribution in [0.1, 0.15) is 58.3 Å². The second kappa shape index (κ2) is 5.43. The van der Waals surface area contributed by atoms with Crippen molar-refractivity contribution in [1.82, 2.24) is 4.90 Å². The first-order chi connectivity index (χ1) is 9.15. The van der Waals surface area contributed by atoms with E-state index in [0.717, 1.165) is 31.2 Å². The second-order valence-corrected chi connectivity index (χ2v) is 7.14. The lowest BCUT2D eigenvalue weighted by atomic mass is 9.81. The molecule has 2 aliphatic heterocycles. The highest BCUT2D eigenvalue weighted by molar-refractivity contribution is 5.71. The zero-order valence-electron chi connectivity index (χ0n) is 12.1. The molecule has 1 aliphatic carbocycles. The molecule has 3 nitrogen and oxygen atoms in total. The van der Waals surface area contributed by atoms with Crippen LogP contribution in [0.4, 0.5) is 0 Å². The van der Waals surface area contributed by atoms with Crippen LogP contribution < -0.4 is 0 Å². The maximum Gasteiger partial charge on any atom is 0.308 e. The maximum absolute atomic E-state index is 11.3. The molecule has 2 bridgehead atoms. The maximum atomic E-state index is 11.3. The molecule has 0 amide bonds. The molecular formula is C16H27NO2. The number of nitrogens with zero attached hydrogens (tertiary/aromatic N) is 1. The van der Waals surface area contributed by atoms with E-state index in [1.165, 1.54) is 38.5 Å². The van der Waals surface area contributed by atoms with Crippen molar-refractivity contribution in [2.24, 2.45) is 17.8 Å². The summed E-state index contributed by atoms with van der Waals surface area (Å²) in [6.07, 6.45) is 10.1. The molecule has 0 aromatic rings. The Morgan fingerprint density at radius 1 is 1.21 bits per heavy atom. The van der Waals surface area contributed by atoms with Gasteiger partial charge >= 0.3 is 5.97 Å². The summed E-state index contributed by atoms with van der Waals surface area (Å²) >= 11 is 0. The Morgan fingerprint density at radius 3 is 2.74 bits per heavy atom. The van der Waals surface area contributed by atoms with Gasteiger partial charge in [0, 0.05) is 12.1 Å². The summed E-state index contributed by atoms with van der Waals surface area (Å²) in [6.45, 7) is 3.53. The molecule has 108 valence electrons. The Morgan fingerprint density at radius 2 is 2.05 bits per heavy atom. The number of fused-ring (bicyclic) bond motifs is 2. The normalized spacial score (nSPS) is 42.7. The molecule has 0 radical (unpaired) electrons. The SMILES string of the molecule is CC1CCCC(CCN2C3CCC2C(C(=O)O)C3)C1. The fraction of sp³-hybridized carbons (Fsp3) is 0.938. The van der Waals surface area contributed by atoms with Gasteiger partial charge in [-0.1, -0.05) is 26.2 Å². The summed E-state index contributed by atoms with van der Waals surface area (Å²) in [5, 5.41) is 9.28. The molecule has 1 N–H and O–H groups in total. The monoisotopic (exact) mass is 265 g/mol. The molecule has 0 aromatic heterocycles. The zero-order chi connectivity index (χ0) is 13.4. The molecule has 3 rings (SSSR count). The average Bonchev–Trinajstić information content (AvgIpc) is 2.93. The number of rotatable bonds is 4. The van der Waals surface area contributed by atoms with E-state index in [0.29, 0.717) is 12.1 Å². The molecular weight excluding hydrogens is 238 g/mol. The van der Waals surface area contributed by atoms with Crippen molar-refractivity contribution in [1.29, 1.82) is 0 Å². The minimum Gasteiger partial charge on any atom is -0.481 e. The van der Waals surface area contributed by atoms with Gasteiger partial charge in [-0.3, -0.25) is 9.69 Å². The van der Waals surface area contributed by atoms with Gasteiger partial charge in [0.05, 0.1) is 5.92 Å².